The van der Waals surface area contributed by atoms with Crippen LogP contribution in [-0.2, 0) is 17.2 Å². The number of fused-ring (bicyclic) bond motifs is 1. The van der Waals surface area contributed by atoms with Crippen LogP contribution in [0.25, 0.3) is 10.9 Å². The zero-order valence-electron chi connectivity index (χ0n) is 14.8. The third-order valence-corrected chi connectivity index (χ3v) is 5.24. The summed E-state index contributed by atoms with van der Waals surface area (Å²) in [5.74, 6) is -3.15. The van der Waals surface area contributed by atoms with Crippen LogP contribution >= 0.6 is 0 Å². The van der Waals surface area contributed by atoms with Crippen LogP contribution in [0.2, 0.25) is 0 Å². The first-order chi connectivity index (χ1) is 12.8. The molecule has 0 aromatic carbocycles. The molecule has 0 aliphatic carbocycles. The van der Waals surface area contributed by atoms with Gasteiger partial charge in [-0.3, -0.25) is 4.90 Å². The van der Waals surface area contributed by atoms with Crippen molar-refractivity contribution in [2.45, 2.75) is 31.2 Å². The highest BCUT2D eigenvalue weighted by molar-refractivity contribution is 7.88. The Morgan fingerprint density at radius 1 is 1.21 bits per heavy atom. The lowest BCUT2D eigenvalue weighted by atomic mass is 10.1. The van der Waals surface area contributed by atoms with Gasteiger partial charge < -0.3 is 4.18 Å². The van der Waals surface area contributed by atoms with E-state index in [1.807, 2.05) is 0 Å². The van der Waals surface area contributed by atoms with E-state index in [1.54, 1.807) is 16.5 Å². The lowest BCUT2D eigenvalue weighted by molar-refractivity contribution is -0.657. The Morgan fingerprint density at radius 2 is 1.82 bits per heavy atom. The Labute approximate surface area is 156 Å². The number of rotatable bonds is 3. The van der Waals surface area contributed by atoms with Crippen molar-refractivity contribution >= 4 is 26.8 Å². The Bertz CT molecular complexity index is 1020. The standard InChI is InChI=1S/C15H16F5N4O3S/c1-9-21-11-8-23(2)12(24-5-3-14(16,17)4-6-24)7-10(11)13(22-9)27-28(25,26)15(18,19)20/h7-8H,3-6H2,1-2H3/q+1. The molecule has 3 heterocycles. The minimum Gasteiger partial charge on any atom is -0.354 e. The molecule has 13 heteroatoms. The third kappa shape index (κ3) is 3.93. The first-order valence-electron chi connectivity index (χ1n) is 8.11. The van der Waals surface area contributed by atoms with E-state index in [0.717, 1.165) is 0 Å². The summed E-state index contributed by atoms with van der Waals surface area (Å²) in [7, 11) is -4.32. The summed E-state index contributed by atoms with van der Waals surface area (Å²) in [6.45, 7) is 1.42. The van der Waals surface area contributed by atoms with Gasteiger partial charge in [0.2, 0.25) is 5.88 Å². The molecule has 0 radical (unpaired) electrons. The van der Waals surface area contributed by atoms with E-state index < -0.39 is 27.4 Å². The van der Waals surface area contributed by atoms with Crippen molar-refractivity contribution in [2.24, 2.45) is 7.05 Å². The van der Waals surface area contributed by atoms with Gasteiger partial charge in [-0.25, -0.2) is 18.3 Å². The molecular formula is C15H16F5N4O3S+. The van der Waals surface area contributed by atoms with Crippen molar-refractivity contribution < 1.29 is 39.1 Å². The SMILES string of the molecule is Cc1nc(OS(=O)(=O)C(F)(F)F)c2cc(N3CCC(F)(F)CC3)[n+](C)cc2n1. The molecule has 2 aromatic rings. The van der Waals surface area contributed by atoms with Gasteiger partial charge in [-0.05, 0) is 6.92 Å². The Hall–Kier alpha value is -2.31. The molecule has 0 spiro atoms. The van der Waals surface area contributed by atoms with E-state index in [2.05, 4.69) is 14.2 Å². The molecule has 7 nitrogen and oxygen atoms in total. The maximum atomic E-state index is 13.4. The number of pyridine rings is 1. The predicted octanol–water partition coefficient (Wildman–Crippen LogP) is 2.23. The van der Waals surface area contributed by atoms with E-state index in [0.29, 0.717) is 5.82 Å². The monoisotopic (exact) mass is 427 g/mol. The number of hydrogen-bond donors (Lipinski definition) is 0. The zero-order valence-corrected chi connectivity index (χ0v) is 15.6. The molecular weight excluding hydrogens is 411 g/mol. The number of nitrogens with zero attached hydrogens (tertiary/aromatic N) is 4. The van der Waals surface area contributed by atoms with Crippen LogP contribution in [0, 0.1) is 6.92 Å². The molecule has 154 valence electrons. The molecule has 0 unspecified atom stereocenters. The molecule has 0 amide bonds. The Balaban J connectivity index is 2.08. The lowest BCUT2D eigenvalue weighted by Gasteiger charge is -2.28. The van der Waals surface area contributed by atoms with Crippen molar-refractivity contribution in [1.29, 1.82) is 0 Å². The summed E-state index contributed by atoms with van der Waals surface area (Å²) in [5.41, 5.74) is -5.48. The number of piperidine rings is 1. The minimum absolute atomic E-state index is 0.00485. The molecule has 0 bridgehead atoms. The van der Waals surface area contributed by atoms with E-state index in [1.165, 1.54) is 19.2 Å². The van der Waals surface area contributed by atoms with Gasteiger partial charge in [0.15, 0.2) is 0 Å². The fourth-order valence-corrected chi connectivity index (χ4v) is 3.31. The number of aryl methyl sites for hydroxylation is 2. The topological polar surface area (TPSA) is 76.3 Å². The number of hydrogen-bond acceptors (Lipinski definition) is 6. The molecule has 0 N–H and O–H groups in total. The fourth-order valence-electron chi connectivity index (χ4n) is 2.88. The maximum Gasteiger partial charge on any atom is 0.534 e. The van der Waals surface area contributed by atoms with Crippen molar-refractivity contribution in [3.05, 3.63) is 18.1 Å². The van der Waals surface area contributed by atoms with Gasteiger partial charge in [0.05, 0.1) is 25.5 Å². The first-order valence-corrected chi connectivity index (χ1v) is 9.51. The van der Waals surface area contributed by atoms with E-state index >= 15 is 0 Å². The molecule has 1 aliphatic rings. The van der Waals surface area contributed by atoms with Gasteiger partial charge in [-0.2, -0.15) is 26.6 Å². The summed E-state index contributed by atoms with van der Waals surface area (Å²) in [5, 5.41) is -0.0798. The van der Waals surface area contributed by atoms with Gasteiger partial charge in [0, 0.05) is 18.9 Å². The molecule has 1 aliphatic heterocycles. The molecule has 1 saturated heterocycles. The number of anilines is 1. The number of halogens is 5. The molecule has 0 saturated carbocycles. The van der Waals surface area contributed by atoms with Crippen LogP contribution in [0.4, 0.5) is 27.8 Å². The van der Waals surface area contributed by atoms with E-state index in [9.17, 15) is 30.4 Å². The average Bonchev–Trinajstić information content (AvgIpc) is 2.53. The predicted molar refractivity (Wildman–Crippen MR) is 87.4 cm³/mol. The van der Waals surface area contributed by atoms with Gasteiger partial charge in [-0.1, -0.05) is 0 Å². The van der Waals surface area contributed by atoms with Crippen LogP contribution in [0.15, 0.2) is 12.3 Å². The van der Waals surface area contributed by atoms with Gasteiger partial charge in [-0.15, -0.1) is 0 Å². The maximum absolute atomic E-state index is 13.4. The lowest BCUT2D eigenvalue weighted by Crippen LogP contribution is -2.45. The van der Waals surface area contributed by atoms with Crippen molar-refractivity contribution in [1.82, 2.24) is 9.97 Å². The Morgan fingerprint density at radius 3 is 2.39 bits per heavy atom. The fraction of sp³-hybridized carbons (Fsp3) is 0.533. The minimum atomic E-state index is -5.93. The quantitative estimate of drug-likeness (QED) is 0.324. The second-order valence-electron chi connectivity index (χ2n) is 6.44. The highest BCUT2D eigenvalue weighted by Crippen LogP contribution is 2.33. The van der Waals surface area contributed by atoms with E-state index in [4.69, 9.17) is 0 Å². The van der Waals surface area contributed by atoms with Crippen LogP contribution in [0.3, 0.4) is 0 Å². The zero-order chi connectivity index (χ0) is 20.9. The molecule has 3 rings (SSSR count). The second-order valence-corrected chi connectivity index (χ2v) is 7.98. The summed E-state index contributed by atoms with van der Waals surface area (Å²) in [4.78, 5) is 9.37. The average molecular weight is 427 g/mol. The summed E-state index contributed by atoms with van der Waals surface area (Å²) in [6, 6.07) is 1.33. The molecule has 1 fully saturated rings. The largest absolute Gasteiger partial charge is 0.534 e. The molecule has 0 atom stereocenters. The second kappa shape index (κ2) is 6.64. The van der Waals surface area contributed by atoms with E-state index in [-0.39, 0.29) is 42.7 Å². The molecule has 2 aromatic heterocycles. The van der Waals surface area contributed by atoms with Crippen LogP contribution in [0.1, 0.15) is 18.7 Å². The van der Waals surface area contributed by atoms with Crippen LogP contribution in [-0.4, -0.2) is 42.9 Å². The van der Waals surface area contributed by atoms with Gasteiger partial charge >= 0.3 is 15.6 Å². The first kappa shape index (κ1) is 20.4. The van der Waals surface area contributed by atoms with Crippen LogP contribution in [0.5, 0.6) is 5.88 Å². The Kier molecular flexibility index (Phi) is 4.84. The smallest absolute Gasteiger partial charge is 0.354 e. The number of aromatic nitrogens is 3. The number of alkyl halides is 5. The third-order valence-electron chi connectivity index (χ3n) is 4.29. The van der Waals surface area contributed by atoms with Crippen LogP contribution < -0.4 is 13.7 Å². The molecule has 28 heavy (non-hydrogen) atoms. The van der Waals surface area contributed by atoms with Gasteiger partial charge in [0.1, 0.15) is 17.5 Å². The highest BCUT2D eigenvalue weighted by Gasteiger charge is 2.49. The summed E-state index contributed by atoms with van der Waals surface area (Å²) < 4.78 is 93.5. The normalized spacial score (nSPS) is 17.8. The van der Waals surface area contributed by atoms with Gasteiger partial charge in [0.25, 0.3) is 11.7 Å². The van der Waals surface area contributed by atoms with Crippen molar-refractivity contribution in [2.75, 3.05) is 18.0 Å². The summed E-state index contributed by atoms with van der Waals surface area (Å²) in [6.07, 6.45) is 0.696. The summed E-state index contributed by atoms with van der Waals surface area (Å²) >= 11 is 0. The highest BCUT2D eigenvalue weighted by atomic mass is 32.2. The van der Waals surface area contributed by atoms with Crippen molar-refractivity contribution in [3.63, 3.8) is 0 Å². The van der Waals surface area contributed by atoms with Crippen molar-refractivity contribution in [3.8, 4) is 5.88 Å².